The molecule has 0 aromatic heterocycles. The summed E-state index contributed by atoms with van der Waals surface area (Å²) in [5, 5.41) is 0. The second kappa shape index (κ2) is 8.06. The number of thioether (sulfide) groups is 1. The number of likely N-dealkylation sites (tertiary alicyclic amines) is 1. The molecule has 0 amide bonds. The molecule has 0 bridgehead atoms. The Bertz CT molecular complexity index is 516. The lowest BCUT2D eigenvalue weighted by molar-refractivity contribution is 0.251. The Labute approximate surface area is 144 Å². The molecule has 4 nitrogen and oxygen atoms in total. The molecule has 1 aromatic carbocycles. The normalized spacial score (nSPS) is 21.6. The summed E-state index contributed by atoms with van der Waals surface area (Å²) in [6.45, 7) is 7.30. The summed E-state index contributed by atoms with van der Waals surface area (Å²) in [5.41, 5.74) is 8.92. The summed E-state index contributed by atoms with van der Waals surface area (Å²) >= 11 is 2.00. The first-order chi connectivity index (χ1) is 11.2. The molecular formula is C18H28N4S. The second-order valence-corrected chi connectivity index (χ2v) is 7.69. The Kier molecular flexibility index (Phi) is 5.84. The number of guanidine groups is 1. The zero-order valence-corrected chi connectivity index (χ0v) is 14.9. The Morgan fingerprint density at radius 1 is 1.13 bits per heavy atom. The van der Waals surface area contributed by atoms with Crippen LogP contribution in [0.4, 0.5) is 0 Å². The topological polar surface area (TPSA) is 44.9 Å². The third kappa shape index (κ3) is 4.42. The van der Waals surface area contributed by atoms with Gasteiger partial charge in [-0.1, -0.05) is 29.8 Å². The number of aryl methyl sites for hydroxylation is 1. The van der Waals surface area contributed by atoms with E-state index in [4.69, 9.17) is 10.7 Å². The molecule has 1 atom stereocenters. The maximum atomic E-state index is 6.25. The van der Waals surface area contributed by atoms with Gasteiger partial charge in [-0.25, -0.2) is 0 Å². The zero-order chi connectivity index (χ0) is 16.1. The lowest BCUT2D eigenvalue weighted by atomic mass is 10.0. The summed E-state index contributed by atoms with van der Waals surface area (Å²) in [7, 11) is 0. The molecule has 2 N–H and O–H groups in total. The van der Waals surface area contributed by atoms with Crippen LogP contribution in [0.1, 0.15) is 30.0 Å². The van der Waals surface area contributed by atoms with Gasteiger partial charge in [0.2, 0.25) is 0 Å². The van der Waals surface area contributed by atoms with E-state index in [0.29, 0.717) is 6.04 Å². The molecule has 2 aliphatic heterocycles. The van der Waals surface area contributed by atoms with E-state index in [0.717, 1.165) is 37.1 Å². The van der Waals surface area contributed by atoms with Crippen molar-refractivity contribution in [3.63, 3.8) is 0 Å². The molecule has 2 saturated heterocycles. The predicted molar refractivity (Wildman–Crippen MR) is 100 cm³/mol. The molecular weight excluding hydrogens is 304 g/mol. The van der Waals surface area contributed by atoms with Crippen molar-refractivity contribution >= 4 is 17.7 Å². The highest BCUT2D eigenvalue weighted by Crippen LogP contribution is 2.26. The van der Waals surface area contributed by atoms with Crippen molar-refractivity contribution in [3.8, 4) is 0 Å². The van der Waals surface area contributed by atoms with Crippen LogP contribution in [-0.2, 0) is 0 Å². The minimum atomic E-state index is 0.357. The molecule has 2 fully saturated rings. The Morgan fingerprint density at radius 3 is 2.43 bits per heavy atom. The fraction of sp³-hybridized carbons (Fsp3) is 0.611. The fourth-order valence-corrected chi connectivity index (χ4v) is 4.25. The van der Waals surface area contributed by atoms with Crippen molar-refractivity contribution in [2.75, 3.05) is 44.2 Å². The molecule has 3 rings (SSSR count). The third-order valence-electron chi connectivity index (χ3n) is 4.80. The number of hydrogen-bond acceptors (Lipinski definition) is 3. The highest BCUT2D eigenvalue weighted by Gasteiger charge is 2.23. The number of nitrogens with two attached hydrogens (primary N) is 1. The van der Waals surface area contributed by atoms with Crippen LogP contribution in [0.15, 0.2) is 29.3 Å². The fourth-order valence-electron chi connectivity index (χ4n) is 3.35. The SMILES string of the molecule is Cc1ccc(C(CN=C(N)N2CCSCC2)N2CCCC2)cc1. The van der Waals surface area contributed by atoms with Crippen LogP contribution in [-0.4, -0.2) is 60.0 Å². The maximum absolute atomic E-state index is 6.25. The third-order valence-corrected chi connectivity index (χ3v) is 5.75. The largest absolute Gasteiger partial charge is 0.370 e. The molecule has 0 radical (unpaired) electrons. The minimum Gasteiger partial charge on any atom is -0.370 e. The van der Waals surface area contributed by atoms with Crippen molar-refractivity contribution in [3.05, 3.63) is 35.4 Å². The average Bonchev–Trinajstić information content (AvgIpc) is 3.11. The van der Waals surface area contributed by atoms with Crippen LogP contribution in [0.3, 0.4) is 0 Å². The van der Waals surface area contributed by atoms with E-state index < -0.39 is 0 Å². The second-order valence-electron chi connectivity index (χ2n) is 6.47. The highest BCUT2D eigenvalue weighted by atomic mass is 32.2. The Morgan fingerprint density at radius 2 is 1.78 bits per heavy atom. The van der Waals surface area contributed by atoms with Crippen LogP contribution in [0.5, 0.6) is 0 Å². The van der Waals surface area contributed by atoms with Gasteiger partial charge in [0.15, 0.2) is 5.96 Å². The monoisotopic (exact) mass is 332 g/mol. The lowest BCUT2D eigenvalue weighted by Crippen LogP contribution is -2.43. The Hall–Kier alpha value is -1.20. The number of rotatable bonds is 4. The van der Waals surface area contributed by atoms with Crippen LogP contribution in [0, 0.1) is 6.92 Å². The molecule has 0 saturated carbocycles. The van der Waals surface area contributed by atoms with Crippen LogP contribution in [0.2, 0.25) is 0 Å². The highest BCUT2D eigenvalue weighted by molar-refractivity contribution is 7.99. The molecule has 1 aromatic rings. The van der Waals surface area contributed by atoms with E-state index in [1.54, 1.807) is 0 Å². The quantitative estimate of drug-likeness (QED) is 0.680. The maximum Gasteiger partial charge on any atom is 0.191 e. The predicted octanol–water partition coefficient (Wildman–Crippen LogP) is 2.50. The van der Waals surface area contributed by atoms with Gasteiger partial charge in [-0.05, 0) is 38.4 Å². The number of nitrogens with zero attached hydrogens (tertiary/aromatic N) is 3. The van der Waals surface area contributed by atoms with Crippen LogP contribution >= 0.6 is 11.8 Å². The van der Waals surface area contributed by atoms with E-state index in [1.165, 1.54) is 37.1 Å². The summed E-state index contributed by atoms with van der Waals surface area (Å²) in [5.74, 6) is 3.04. The van der Waals surface area contributed by atoms with E-state index in [9.17, 15) is 0 Å². The van der Waals surface area contributed by atoms with Gasteiger partial charge in [-0.2, -0.15) is 11.8 Å². The van der Waals surface area contributed by atoms with Gasteiger partial charge in [0, 0.05) is 24.6 Å². The van der Waals surface area contributed by atoms with Crippen molar-refractivity contribution in [2.24, 2.45) is 10.7 Å². The first kappa shape index (κ1) is 16.7. The molecule has 2 heterocycles. The molecule has 0 aliphatic carbocycles. The number of aliphatic imine (C=N–C) groups is 1. The molecule has 0 spiro atoms. The smallest absolute Gasteiger partial charge is 0.191 e. The summed E-state index contributed by atoms with van der Waals surface area (Å²) in [6.07, 6.45) is 2.59. The van der Waals surface area contributed by atoms with Gasteiger partial charge < -0.3 is 10.6 Å². The molecule has 1 unspecified atom stereocenters. The number of benzene rings is 1. The average molecular weight is 333 g/mol. The van der Waals surface area contributed by atoms with Crippen molar-refractivity contribution < 1.29 is 0 Å². The van der Waals surface area contributed by atoms with Gasteiger partial charge in [0.1, 0.15) is 0 Å². The minimum absolute atomic E-state index is 0.357. The molecule has 23 heavy (non-hydrogen) atoms. The molecule has 126 valence electrons. The summed E-state index contributed by atoms with van der Waals surface area (Å²) in [4.78, 5) is 9.55. The van der Waals surface area contributed by atoms with E-state index >= 15 is 0 Å². The van der Waals surface area contributed by atoms with Crippen LogP contribution < -0.4 is 5.73 Å². The van der Waals surface area contributed by atoms with Gasteiger partial charge in [-0.15, -0.1) is 0 Å². The first-order valence-corrected chi connectivity index (χ1v) is 9.83. The van der Waals surface area contributed by atoms with Crippen molar-refractivity contribution in [1.82, 2.24) is 9.80 Å². The first-order valence-electron chi connectivity index (χ1n) is 8.67. The van der Waals surface area contributed by atoms with Crippen molar-refractivity contribution in [2.45, 2.75) is 25.8 Å². The lowest BCUT2D eigenvalue weighted by Gasteiger charge is -2.29. The van der Waals surface area contributed by atoms with E-state index in [1.807, 2.05) is 11.8 Å². The van der Waals surface area contributed by atoms with Gasteiger partial charge in [-0.3, -0.25) is 9.89 Å². The standard InChI is InChI=1S/C18H28N4S/c1-15-4-6-16(7-5-15)17(21-8-2-3-9-21)14-20-18(19)22-10-12-23-13-11-22/h4-7,17H,2-3,8-14H2,1H3,(H2,19,20). The van der Waals surface area contributed by atoms with Crippen LogP contribution in [0.25, 0.3) is 0 Å². The van der Waals surface area contributed by atoms with Crippen molar-refractivity contribution in [1.29, 1.82) is 0 Å². The summed E-state index contributed by atoms with van der Waals surface area (Å²) in [6, 6.07) is 9.26. The zero-order valence-electron chi connectivity index (χ0n) is 14.1. The Balaban J connectivity index is 1.71. The van der Waals surface area contributed by atoms with Gasteiger partial charge >= 0.3 is 0 Å². The van der Waals surface area contributed by atoms with E-state index in [2.05, 4.69) is 41.0 Å². The van der Waals surface area contributed by atoms with Gasteiger partial charge in [0.25, 0.3) is 0 Å². The van der Waals surface area contributed by atoms with Gasteiger partial charge in [0.05, 0.1) is 12.6 Å². The molecule has 5 heteroatoms. The number of hydrogen-bond donors (Lipinski definition) is 1. The van der Waals surface area contributed by atoms with E-state index in [-0.39, 0.29) is 0 Å². The summed E-state index contributed by atoms with van der Waals surface area (Å²) < 4.78 is 0. The molecule has 2 aliphatic rings.